The lowest BCUT2D eigenvalue weighted by Gasteiger charge is -2.44. The Labute approximate surface area is 230 Å². The van der Waals surface area contributed by atoms with Gasteiger partial charge in [-0.05, 0) is 54.0 Å². The van der Waals surface area contributed by atoms with Crippen molar-refractivity contribution >= 4 is 28.2 Å². The van der Waals surface area contributed by atoms with E-state index in [1.165, 1.54) is 0 Å². The first-order valence-electron chi connectivity index (χ1n) is 14.1. The molecular formula is C28H56ClNO4Si2. The van der Waals surface area contributed by atoms with E-state index in [1.54, 1.807) is 0 Å². The van der Waals surface area contributed by atoms with Gasteiger partial charge in [0.1, 0.15) is 6.07 Å². The third-order valence-corrected chi connectivity index (χ3v) is 19.5. The molecule has 8 heteroatoms. The Morgan fingerprint density at radius 3 is 2.00 bits per heavy atom. The molecule has 1 saturated heterocycles. The maximum atomic E-state index is 10.2. The first-order chi connectivity index (χ1) is 16.5. The predicted octanol–water partition coefficient (Wildman–Crippen LogP) is 8.64. The number of nitrogens with zero attached hydrogens (tertiary/aromatic N) is 1. The molecule has 1 fully saturated rings. The van der Waals surface area contributed by atoms with Gasteiger partial charge in [-0.3, -0.25) is 0 Å². The van der Waals surface area contributed by atoms with Gasteiger partial charge in [-0.1, -0.05) is 69.2 Å². The van der Waals surface area contributed by atoms with Crippen LogP contribution in [0.1, 0.15) is 94.9 Å². The number of alkyl halides is 1. The fourth-order valence-electron chi connectivity index (χ4n) is 5.46. The Morgan fingerprint density at radius 2 is 1.56 bits per heavy atom. The van der Waals surface area contributed by atoms with Gasteiger partial charge in [-0.15, -0.1) is 11.6 Å². The van der Waals surface area contributed by atoms with Crippen LogP contribution in [-0.2, 0) is 18.3 Å². The molecule has 0 bridgehead atoms. The third-order valence-electron chi connectivity index (χ3n) is 8.67. The number of rotatable bonds is 14. The monoisotopic (exact) mass is 561 g/mol. The number of halogens is 1. The summed E-state index contributed by atoms with van der Waals surface area (Å²) in [7, 11) is -3.90. The molecule has 1 heterocycles. The second kappa shape index (κ2) is 13.9. The molecule has 1 rings (SSSR count). The van der Waals surface area contributed by atoms with Gasteiger partial charge in [0, 0.05) is 24.8 Å². The summed E-state index contributed by atoms with van der Waals surface area (Å²) in [5.41, 5.74) is 1.61. The van der Waals surface area contributed by atoms with E-state index in [9.17, 15) is 5.26 Å². The second-order valence-corrected chi connectivity index (χ2v) is 24.0. The average Bonchev–Trinajstić information content (AvgIpc) is 2.76. The van der Waals surface area contributed by atoms with Gasteiger partial charge in [-0.25, -0.2) is 0 Å². The van der Waals surface area contributed by atoms with Crippen molar-refractivity contribution in [2.24, 2.45) is 5.92 Å². The maximum Gasteiger partial charge on any atom is 0.259 e. The van der Waals surface area contributed by atoms with Crippen molar-refractivity contribution in [2.45, 2.75) is 148 Å². The van der Waals surface area contributed by atoms with Gasteiger partial charge in [0.2, 0.25) is 0 Å². The molecule has 0 saturated carbocycles. The van der Waals surface area contributed by atoms with Crippen molar-refractivity contribution in [1.82, 2.24) is 0 Å². The van der Waals surface area contributed by atoms with Gasteiger partial charge < -0.3 is 18.3 Å². The average molecular weight is 562 g/mol. The van der Waals surface area contributed by atoms with Crippen LogP contribution in [0.25, 0.3) is 0 Å². The van der Waals surface area contributed by atoms with Crippen molar-refractivity contribution in [3.8, 4) is 6.07 Å². The summed E-state index contributed by atoms with van der Waals surface area (Å²) < 4.78 is 26.2. The van der Waals surface area contributed by atoms with Gasteiger partial charge in [0.25, 0.3) is 5.79 Å². The van der Waals surface area contributed by atoms with Crippen LogP contribution < -0.4 is 0 Å². The van der Waals surface area contributed by atoms with Gasteiger partial charge >= 0.3 is 0 Å². The summed E-state index contributed by atoms with van der Waals surface area (Å²) in [6, 6.07) is 2.38. The highest BCUT2D eigenvalue weighted by atomic mass is 35.5. The first kappa shape index (κ1) is 34.1. The minimum Gasteiger partial charge on any atom is -0.416 e. The largest absolute Gasteiger partial charge is 0.416 e. The topological polar surface area (TPSA) is 60.7 Å². The van der Waals surface area contributed by atoms with E-state index in [1.807, 2.05) is 0 Å². The molecule has 0 aliphatic carbocycles. The number of ether oxygens (including phenoxy) is 2. The molecule has 4 atom stereocenters. The Balaban J connectivity index is 2.95. The summed E-state index contributed by atoms with van der Waals surface area (Å²) in [6.07, 6.45) is 2.64. The molecule has 0 aromatic heterocycles. The summed E-state index contributed by atoms with van der Waals surface area (Å²) in [6.45, 7) is 28.3. The highest BCUT2D eigenvalue weighted by Crippen LogP contribution is 2.43. The molecule has 212 valence electrons. The lowest BCUT2D eigenvalue weighted by Crippen LogP contribution is -2.51. The minimum absolute atomic E-state index is 0.0745. The first-order valence-corrected chi connectivity index (χ1v) is 19.7. The standard InChI is InChI=1S/C28H56ClNO4Si2/c1-21(2)36(22(3)4,23(5)6)32-18-24(7)26-14-13-16-28(20-30,34-26)33-25(15-17-29)19-31-35(11,12)27(8,9)10/h21-26H,13-19H2,1-12H3/t24-,25-,26?,28?/m0/s1. The van der Waals surface area contributed by atoms with Gasteiger partial charge in [0.05, 0.1) is 18.8 Å². The van der Waals surface area contributed by atoms with Crippen molar-refractivity contribution in [1.29, 1.82) is 5.26 Å². The molecular weight excluding hydrogens is 506 g/mol. The fourth-order valence-corrected chi connectivity index (χ4v) is 12.3. The van der Waals surface area contributed by atoms with Gasteiger partial charge in [0.15, 0.2) is 16.6 Å². The molecule has 0 amide bonds. The minimum atomic E-state index is -1.96. The zero-order chi connectivity index (χ0) is 27.9. The molecule has 0 radical (unpaired) electrons. The second-order valence-electron chi connectivity index (χ2n) is 13.3. The van der Waals surface area contributed by atoms with Crippen molar-refractivity contribution in [2.75, 3.05) is 19.1 Å². The van der Waals surface area contributed by atoms with E-state index in [0.717, 1.165) is 12.8 Å². The highest BCUT2D eigenvalue weighted by Gasteiger charge is 2.47. The summed E-state index contributed by atoms with van der Waals surface area (Å²) >= 11 is 6.12. The highest BCUT2D eigenvalue weighted by molar-refractivity contribution is 6.77. The quantitative estimate of drug-likeness (QED) is 0.157. The molecule has 5 nitrogen and oxygen atoms in total. The van der Waals surface area contributed by atoms with E-state index in [-0.39, 0.29) is 23.2 Å². The van der Waals surface area contributed by atoms with Crippen LogP contribution in [0.5, 0.6) is 0 Å². The zero-order valence-corrected chi connectivity index (χ0v) is 28.1. The summed E-state index contributed by atoms with van der Waals surface area (Å²) in [5.74, 6) is -0.625. The Bertz CT molecular complexity index is 683. The van der Waals surface area contributed by atoms with Crippen LogP contribution in [0.2, 0.25) is 34.8 Å². The zero-order valence-electron chi connectivity index (χ0n) is 25.4. The van der Waals surface area contributed by atoms with Crippen LogP contribution in [0.15, 0.2) is 0 Å². The summed E-state index contributed by atoms with van der Waals surface area (Å²) in [4.78, 5) is 0. The molecule has 0 aromatic carbocycles. The van der Waals surface area contributed by atoms with Crippen molar-refractivity contribution in [3.63, 3.8) is 0 Å². The predicted molar refractivity (Wildman–Crippen MR) is 157 cm³/mol. The van der Waals surface area contributed by atoms with Crippen molar-refractivity contribution in [3.05, 3.63) is 0 Å². The molecule has 36 heavy (non-hydrogen) atoms. The normalized spacial score (nSPS) is 23.8. The Morgan fingerprint density at radius 1 is 1.00 bits per heavy atom. The van der Waals surface area contributed by atoms with E-state index in [4.69, 9.17) is 29.9 Å². The smallest absolute Gasteiger partial charge is 0.259 e. The van der Waals surface area contributed by atoms with Crippen LogP contribution >= 0.6 is 11.6 Å². The number of hydrogen-bond donors (Lipinski definition) is 0. The van der Waals surface area contributed by atoms with E-state index < -0.39 is 22.4 Å². The maximum absolute atomic E-state index is 10.2. The molecule has 0 spiro atoms. The van der Waals surface area contributed by atoms with Crippen LogP contribution in [0.3, 0.4) is 0 Å². The molecule has 1 aliphatic heterocycles. The molecule has 1 aliphatic rings. The van der Waals surface area contributed by atoms with Crippen LogP contribution in [0.4, 0.5) is 0 Å². The lowest BCUT2D eigenvalue weighted by atomic mass is 9.94. The van der Waals surface area contributed by atoms with E-state index in [0.29, 0.717) is 48.6 Å². The Hall–Kier alpha value is 0.0538. The number of hydrogen-bond acceptors (Lipinski definition) is 5. The van der Waals surface area contributed by atoms with E-state index >= 15 is 0 Å². The molecule has 0 aromatic rings. The fraction of sp³-hybridized carbons (Fsp3) is 0.964. The molecule has 0 N–H and O–H groups in total. The SMILES string of the molecule is CC(C)[Si](OC[C@H](C)C1CCCC(C#N)(O[C@@H](CCCl)CO[Si](C)(C)C(C)(C)C)O1)(C(C)C)C(C)C. The van der Waals surface area contributed by atoms with Crippen molar-refractivity contribution < 1.29 is 18.3 Å². The lowest BCUT2D eigenvalue weighted by molar-refractivity contribution is -0.275. The number of nitriles is 1. The van der Waals surface area contributed by atoms with Crippen LogP contribution in [0, 0.1) is 17.2 Å². The molecule has 2 unspecified atom stereocenters. The van der Waals surface area contributed by atoms with Gasteiger partial charge in [-0.2, -0.15) is 5.26 Å². The third kappa shape index (κ3) is 8.53. The van der Waals surface area contributed by atoms with E-state index in [2.05, 4.69) is 88.4 Å². The van der Waals surface area contributed by atoms with Crippen LogP contribution in [-0.4, -0.2) is 53.7 Å². The Kier molecular flexibility index (Phi) is 13.2. The summed E-state index contributed by atoms with van der Waals surface area (Å²) in [5, 5.41) is 10.3.